The van der Waals surface area contributed by atoms with Crippen LogP contribution in [0.4, 0.5) is 5.69 Å². The molecule has 0 aromatic heterocycles. The largest absolute Gasteiger partial charge is 0.506 e. The van der Waals surface area contributed by atoms with Gasteiger partial charge in [-0.25, -0.2) is 0 Å². The minimum Gasteiger partial charge on any atom is -0.506 e. The number of halogens is 1. The van der Waals surface area contributed by atoms with Gasteiger partial charge in [-0.2, -0.15) is 0 Å². The number of carbonyl (C=O) groups is 1. The van der Waals surface area contributed by atoms with Crippen molar-refractivity contribution in [2.45, 2.75) is 20.3 Å². The van der Waals surface area contributed by atoms with E-state index in [1.807, 2.05) is 25.1 Å². The minimum atomic E-state index is -0.392. The maximum Gasteiger partial charge on any atom is 0.264 e. The van der Waals surface area contributed by atoms with Gasteiger partial charge in [-0.3, -0.25) is 10.1 Å². The highest BCUT2D eigenvalue weighted by molar-refractivity contribution is 9.10. The molecule has 0 aliphatic heterocycles. The van der Waals surface area contributed by atoms with Crippen molar-refractivity contribution in [3.8, 4) is 11.5 Å². The summed E-state index contributed by atoms with van der Waals surface area (Å²) in [6.07, 6.45) is 0.922. The molecule has 0 saturated heterocycles. The van der Waals surface area contributed by atoms with Gasteiger partial charge in [-0.1, -0.05) is 19.1 Å². The quantitative estimate of drug-likeness (QED) is 0.503. The molecular weight excluding hydrogens is 404 g/mol. The Morgan fingerprint density at radius 3 is 2.72 bits per heavy atom. The van der Waals surface area contributed by atoms with E-state index in [2.05, 4.69) is 33.5 Å². The van der Waals surface area contributed by atoms with Gasteiger partial charge < -0.3 is 15.2 Å². The number of thiocarbonyl (C=S) groups is 1. The van der Waals surface area contributed by atoms with Crippen molar-refractivity contribution in [1.29, 1.82) is 0 Å². The fraction of sp³-hybridized carbons (Fsp3) is 0.222. The number of nitrogens with one attached hydrogen (secondary N) is 2. The first-order valence-electron chi connectivity index (χ1n) is 7.70. The van der Waals surface area contributed by atoms with Gasteiger partial charge in [0.1, 0.15) is 11.5 Å². The van der Waals surface area contributed by atoms with Crippen LogP contribution in [-0.4, -0.2) is 22.7 Å². The van der Waals surface area contributed by atoms with Crippen LogP contribution in [0.3, 0.4) is 0 Å². The first kappa shape index (κ1) is 19.2. The van der Waals surface area contributed by atoms with Gasteiger partial charge in [0.05, 0.1) is 10.2 Å². The number of hydrogen-bond acceptors (Lipinski definition) is 4. The van der Waals surface area contributed by atoms with Gasteiger partial charge in [-0.05, 0) is 76.9 Å². The number of phenols is 1. The third-order valence-corrected chi connectivity index (χ3v) is 4.24. The second-order valence-electron chi connectivity index (χ2n) is 5.43. The van der Waals surface area contributed by atoms with E-state index >= 15 is 0 Å². The lowest BCUT2D eigenvalue weighted by Crippen LogP contribution is -2.37. The van der Waals surface area contributed by atoms with Crippen molar-refractivity contribution in [2.75, 3.05) is 11.9 Å². The van der Waals surface area contributed by atoms with E-state index < -0.39 is 5.91 Å². The normalized spacial score (nSPS) is 10.2. The van der Waals surface area contributed by atoms with Crippen LogP contribution < -0.4 is 15.4 Å². The summed E-state index contributed by atoms with van der Waals surface area (Å²) in [6.45, 7) is 3.78. The fourth-order valence-corrected chi connectivity index (χ4v) is 2.86. The van der Waals surface area contributed by atoms with Crippen LogP contribution in [0.5, 0.6) is 11.5 Å². The Hall–Kier alpha value is -2.12. The molecule has 0 heterocycles. The van der Waals surface area contributed by atoms with Crippen molar-refractivity contribution < 1.29 is 14.6 Å². The van der Waals surface area contributed by atoms with Gasteiger partial charge in [0, 0.05) is 0 Å². The van der Waals surface area contributed by atoms with Gasteiger partial charge >= 0.3 is 0 Å². The van der Waals surface area contributed by atoms with Crippen molar-refractivity contribution in [3.05, 3.63) is 52.0 Å². The Morgan fingerprint density at radius 2 is 2.04 bits per heavy atom. The number of carbonyl (C=O) groups excluding carboxylic acids is 1. The molecule has 0 aliphatic rings. The first-order valence-corrected chi connectivity index (χ1v) is 8.91. The number of anilines is 1. The average Bonchev–Trinajstić information content (AvgIpc) is 2.56. The Morgan fingerprint density at radius 1 is 1.28 bits per heavy atom. The van der Waals surface area contributed by atoms with E-state index in [4.69, 9.17) is 17.0 Å². The van der Waals surface area contributed by atoms with Crippen molar-refractivity contribution in [2.24, 2.45) is 0 Å². The molecule has 0 fully saturated rings. The number of ether oxygens (including phenoxy) is 1. The predicted octanol–water partition coefficient (Wildman–Crippen LogP) is 3.92. The monoisotopic (exact) mass is 422 g/mol. The Bertz CT molecular complexity index is 796. The molecule has 1 amide bonds. The maximum absolute atomic E-state index is 12.0. The fourth-order valence-electron chi connectivity index (χ4n) is 2.09. The minimum absolute atomic E-state index is 0.0541. The summed E-state index contributed by atoms with van der Waals surface area (Å²) >= 11 is 8.51. The molecule has 0 unspecified atom stereocenters. The summed E-state index contributed by atoms with van der Waals surface area (Å²) in [5, 5.41) is 15.2. The third kappa shape index (κ3) is 5.72. The Labute approximate surface area is 160 Å². The van der Waals surface area contributed by atoms with Crippen LogP contribution in [0.25, 0.3) is 0 Å². The molecule has 2 rings (SSSR count). The number of phenolic OH excluding ortho intramolecular Hbond substituents is 1. The summed E-state index contributed by atoms with van der Waals surface area (Å²) < 4.78 is 6.29. The Kier molecular flexibility index (Phi) is 6.78. The van der Waals surface area contributed by atoms with Crippen LogP contribution in [0, 0.1) is 6.92 Å². The van der Waals surface area contributed by atoms with Gasteiger partial charge in [0.25, 0.3) is 5.91 Å². The lowest BCUT2D eigenvalue weighted by atomic mass is 10.2. The second kappa shape index (κ2) is 8.82. The first-order chi connectivity index (χ1) is 11.9. The molecule has 5 nitrogen and oxygen atoms in total. The highest BCUT2D eigenvalue weighted by atomic mass is 79.9. The molecule has 25 heavy (non-hydrogen) atoms. The topological polar surface area (TPSA) is 70.6 Å². The van der Waals surface area contributed by atoms with E-state index in [1.54, 1.807) is 18.2 Å². The molecule has 0 saturated carbocycles. The summed E-state index contributed by atoms with van der Waals surface area (Å²) in [5.41, 5.74) is 2.56. The lowest BCUT2D eigenvalue weighted by molar-refractivity contribution is -0.121. The van der Waals surface area contributed by atoms with Crippen LogP contribution >= 0.6 is 28.1 Å². The number of rotatable bonds is 5. The molecule has 2 aromatic rings. The smallest absolute Gasteiger partial charge is 0.264 e. The standard InChI is InChI=1S/C18H19BrN2O3S/c1-3-12-5-7-16(13(19)9-12)24-10-17(23)21-18(25)20-14-8-11(2)4-6-15(14)22/h4-9,22H,3,10H2,1-2H3,(H2,20,21,23,25). The van der Waals surface area contributed by atoms with E-state index in [9.17, 15) is 9.90 Å². The molecule has 0 spiro atoms. The van der Waals surface area contributed by atoms with Crippen LogP contribution in [-0.2, 0) is 11.2 Å². The van der Waals surface area contributed by atoms with Crippen molar-refractivity contribution in [1.82, 2.24) is 5.32 Å². The number of amides is 1. The summed E-state index contributed by atoms with van der Waals surface area (Å²) in [5.74, 6) is 0.247. The summed E-state index contributed by atoms with van der Waals surface area (Å²) in [6, 6.07) is 10.8. The van der Waals surface area contributed by atoms with Crippen LogP contribution in [0.15, 0.2) is 40.9 Å². The molecule has 0 radical (unpaired) electrons. The molecule has 0 aliphatic carbocycles. The SMILES string of the molecule is CCc1ccc(OCC(=O)NC(=S)Nc2cc(C)ccc2O)c(Br)c1. The number of aromatic hydroxyl groups is 1. The number of aryl methyl sites for hydroxylation is 2. The van der Waals surface area contributed by atoms with E-state index in [0.29, 0.717) is 11.4 Å². The highest BCUT2D eigenvalue weighted by Crippen LogP contribution is 2.26. The highest BCUT2D eigenvalue weighted by Gasteiger charge is 2.10. The van der Waals surface area contributed by atoms with Crippen molar-refractivity contribution >= 4 is 44.9 Å². The average molecular weight is 423 g/mol. The van der Waals surface area contributed by atoms with E-state index in [0.717, 1.165) is 16.5 Å². The molecule has 0 bridgehead atoms. The number of benzene rings is 2. The predicted molar refractivity (Wildman–Crippen MR) is 106 cm³/mol. The summed E-state index contributed by atoms with van der Waals surface area (Å²) in [4.78, 5) is 12.0. The van der Waals surface area contributed by atoms with Gasteiger partial charge in [0.15, 0.2) is 11.7 Å². The zero-order chi connectivity index (χ0) is 18.4. The molecule has 0 atom stereocenters. The van der Waals surface area contributed by atoms with E-state index in [1.165, 1.54) is 5.56 Å². The molecule has 2 aromatic carbocycles. The Balaban J connectivity index is 1.87. The lowest BCUT2D eigenvalue weighted by Gasteiger charge is -2.12. The molecule has 132 valence electrons. The number of hydrogen-bond donors (Lipinski definition) is 3. The molecule has 7 heteroatoms. The second-order valence-corrected chi connectivity index (χ2v) is 6.69. The molecule has 3 N–H and O–H groups in total. The van der Waals surface area contributed by atoms with Crippen LogP contribution in [0.1, 0.15) is 18.1 Å². The van der Waals surface area contributed by atoms with E-state index in [-0.39, 0.29) is 17.5 Å². The summed E-state index contributed by atoms with van der Waals surface area (Å²) in [7, 11) is 0. The zero-order valence-corrected chi connectivity index (χ0v) is 16.3. The van der Waals surface area contributed by atoms with Crippen molar-refractivity contribution in [3.63, 3.8) is 0 Å². The molecular formula is C18H19BrN2O3S. The zero-order valence-electron chi connectivity index (χ0n) is 13.9. The third-order valence-electron chi connectivity index (χ3n) is 3.42. The van der Waals surface area contributed by atoms with Gasteiger partial charge in [-0.15, -0.1) is 0 Å². The maximum atomic E-state index is 12.0. The van der Waals surface area contributed by atoms with Gasteiger partial charge in [0.2, 0.25) is 0 Å². The van der Waals surface area contributed by atoms with Crippen LogP contribution in [0.2, 0.25) is 0 Å².